The van der Waals surface area contributed by atoms with Crippen molar-refractivity contribution in [2.24, 2.45) is 0 Å². The Bertz CT molecular complexity index is 499. The summed E-state index contributed by atoms with van der Waals surface area (Å²) in [4.78, 5) is 36.3. The highest BCUT2D eigenvalue weighted by molar-refractivity contribution is 5.95. The highest BCUT2D eigenvalue weighted by Gasteiger charge is 2.18. The third kappa shape index (κ3) is 3.17. The second-order valence-corrected chi connectivity index (χ2v) is 3.17. The Kier molecular flexibility index (Phi) is 4.19. The van der Waals surface area contributed by atoms with E-state index in [1.807, 2.05) is 5.48 Å². The number of hydrogen-bond acceptors (Lipinski definition) is 6. The van der Waals surface area contributed by atoms with Crippen molar-refractivity contribution < 1.29 is 24.1 Å². The predicted octanol–water partition coefficient (Wildman–Crippen LogP) is 0.811. The van der Waals surface area contributed by atoms with Crippen LogP contribution in [0.1, 0.15) is 17.3 Å². The van der Waals surface area contributed by atoms with Crippen molar-refractivity contribution in [1.82, 2.24) is 5.48 Å². The number of nitrogens with zero attached hydrogens (tertiary/aromatic N) is 1. The summed E-state index contributed by atoms with van der Waals surface area (Å²) in [7, 11) is 1.28. The zero-order valence-corrected chi connectivity index (χ0v) is 9.63. The average Bonchev–Trinajstić information content (AvgIpc) is 2.34. The predicted molar refractivity (Wildman–Crippen MR) is 58.9 cm³/mol. The molecule has 0 unspecified atom stereocenters. The van der Waals surface area contributed by atoms with Crippen molar-refractivity contribution in [2.45, 2.75) is 6.92 Å². The van der Waals surface area contributed by atoms with Gasteiger partial charge in [0.15, 0.2) is 5.75 Å². The normalized spacial score (nSPS) is 9.44. The Hall–Kier alpha value is -2.64. The average molecular weight is 254 g/mol. The van der Waals surface area contributed by atoms with Crippen LogP contribution in [-0.4, -0.2) is 23.9 Å². The fourth-order valence-electron chi connectivity index (χ4n) is 1.15. The Morgan fingerprint density at radius 1 is 1.39 bits per heavy atom. The van der Waals surface area contributed by atoms with Gasteiger partial charge >= 0.3 is 11.7 Å². The van der Waals surface area contributed by atoms with Gasteiger partial charge in [-0.2, -0.15) is 5.48 Å². The summed E-state index contributed by atoms with van der Waals surface area (Å²) >= 11 is 0. The molecule has 96 valence electrons. The van der Waals surface area contributed by atoms with E-state index in [4.69, 9.17) is 4.74 Å². The van der Waals surface area contributed by atoms with Gasteiger partial charge in [-0.05, 0) is 12.1 Å². The molecule has 8 heteroatoms. The highest BCUT2D eigenvalue weighted by atomic mass is 16.7. The van der Waals surface area contributed by atoms with Gasteiger partial charge in [-0.25, -0.2) is 0 Å². The zero-order valence-electron chi connectivity index (χ0n) is 9.63. The first-order valence-electron chi connectivity index (χ1n) is 4.76. The minimum Gasteiger partial charge on any atom is -0.490 e. The first kappa shape index (κ1) is 13.4. The molecule has 0 saturated heterocycles. The summed E-state index contributed by atoms with van der Waals surface area (Å²) in [5.41, 5.74) is 1.47. The molecule has 0 aliphatic heterocycles. The molecule has 0 saturated carbocycles. The van der Waals surface area contributed by atoms with Crippen molar-refractivity contribution in [3.8, 4) is 5.75 Å². The Morgan fingerprint density at radius 2 is 2.06 bits per heavy atom. The van der Waals surface area contributed by atoms with Gasteiger partial charge in [-0.15, -0.1) is 0 Å². The van der Waals surface area contributed by atoms with Crippen LogP contribution in [0.3, 0.4) is 0 Å². The first-order chi connectivity index (χ1) is 8.45. The molecular formula is C10H10N2O6. The molecule has 8 nitrogen and oxygen atoms in total. The first-order valence-corrected chi connectivity index (χ1v) is 4.76. The van der Waals surface area contributed by atoms with Crippen LogP contribution in [-0.2, 0) is 9.63 Å². The van der Waals surface area contributed by atoms with E-state index in [2.05, 4.69) is 4.84 Å². The number of nitro groups is 1. The molecule has 18 heavy (non-hydrogen) atoms. The highest BCUT2D eigenvalue weighted by Crippen LogP contribution is 2.27. The number of hydrogen-bond donors (Lipinski definition) is 1. The summed E-state index contributed by atoms with van der Waals surface area (Å²) in [5.74, 6) is -1.44. The SMILES string of the molecule is COc1ccc(C(=O)NOC(C)=O)cc1[N+](=O)[O-]. The van der Waals surface area contributed by atoms with Crippen LogP contribution in [0.5, 0.6) is 5.75 Å². The summed E-state index contributed by atoms with van der Waals surface area (Å²) in [6.45, 7) is 1.11. The minimum absolute atomic E-state index is 0.0243. The topological polar surface area (TPSA) is 108 Å². The van der Waals surface area contributed by atoms with Gasteiger partial charge in [0.25, 0.3) is 5.91 Å². The number of ether oxygens (including phenoxy) is 1. The molecular weight excluding hydrogens is 244 g/mol. The third-order valence-electron chi connectivity index (χ3n) is 1.93. The monoisotopic (exact) mass is 254 g/mol. The molecule has 0 heterocycles. The standard InChI is InChI=1S/C10H10N2O6/c1-6(13)18-11-10(14)7-3-4-9(17-2)8(5-7)12(15)16/h3-5H,1-2H3,(H,11,14). The van der Waals surface area contributed by atoms with Gasteiger partial charge in [0.05, 0.1) is 12.0 Å². The summed E-state index contributed by atoms with van der Waals surface area (Å²) < 4.78 is 4.78. The van der Waals surface area contributed by atoms with E-state index in [1.165, 1.54) is 19.2 Å². The van der Waals surface area contributed by atoms with Crippen molar-refractivity contribution in [2.75, 3.05) is 7.11 Å². The zero-order chi connectivity index (χ0) is 13.7. The molecule has 0 aliphatic rings. The van der Waals surface area contributed by atoms with Crippen LogP contribution in [0.2, 0.25) is 0 Å². The summed E-state index contributed by atoms with van der Waals surface area (Å²) in [6.07, 6.45) is 0. The number of benzene rings is 1. The Labute approximate surface area is 102 Å². The molecule has 0 fully saturated rings. The molecule has 0 atom stereocenters. The van der Waals surface area contributed by atoms with Crippen molar-refractivity contribution in [1.29, 1.82) is 0 Å². The largest absolute Gasteiger partial charge is 0.490 e. The lowest BCUT2D eigenvalue weighted by molar-refractivity contribution is -0.385. The molecule has 0 aromatic heterocycles. The van der Waals surface area contributed by atoms with Crippen LogP contribution >= 0.6 is 0 Å². The van der Waals surface area contributed by atoms with Crippen LogP contribution in [0.4, 0.5) is 5.69 Å². The van der Waals surface area contributed by atoms with Crippen molar-refractivity contribution in [3.63, 3.8) is 0 Å². The van der Waals surface area contributed by atoms with E-state index in [0.29, 0.717) is 0 Å². The van der Waals surface area contributed by atoms with E-state index >= 15 is 0 Å². The summed E-state index contributed by atoms with van der Waals surface area (Å²) in [6, 6.07) is 3.61. The number of hydroxylamine groups is 1. The van der Waals surface area contributed by atoms with Crippen LogP contribution in [0.15, 0.2) is 18.2 Å². The Morgan fingerprint density at radius 3 is 2.56 bits per heavy atom. The molecule has 0 bridgehead atoms. The van der Waals surface area contributed by atoms with Gasteiger partial charge in [0.1, 0.15) is 0 Å². The molecule has 1 N–H and O–H groups in total. The maximum atomic E-state index is 11.5. The number of nitrogens with one attached hydrogen (secondary N) is 1. The molecule has 1 aromatic rings. The third-order valence-corrected chi connectivity index (χ3v) is 1.93. The minimum atomic E-state index is -0.768. The van der Waals surface area contributed by atoms with E-state index in [0.717, 1.165) is 13.0 Å². The van der Waals surface area contributed by atoms with Gasteiger partial charge in [0, 0.05) is 18.6 Å². The number of methoxy groups -OCH3 is 1. The lowest BCUT2D eigenvalue weighted by Crippen LogP contribution is -2.25. The number of rotatable bonds is 3. The van der Waals surface area contributed by atoms with Crippen LogP contribution < -0.4 is 10.2 Å². The van der Waals surface area contributed by atoms with E-state index in [9.17, 15) is 19.7 Å². The molecule has 1 amide bonds. The number of carbonyl (C=O) groups excluding carboxylic acids is 2. The van der Waals surface area contributed by atoms with Gasteiger partial charge in [-0.1, -0.05) is 0 Å². The van der Waals surface area contributed by atoms with Gasteiger partial charge in [-0.3, -0.25) is 19.7 Å². The quantitative estimate of drug-likeness (QED) is 0.631. The fraction of sp³-hybridized carbons (Fsp3) is 0.200. The maximum absolute atomic E-state index is 11.5. The molecule has 1 aromatic carbocycles. The smallest absolute Gasteiger partial charge is 0.329 e. The van der Waals surface area contributed by atoms with E-state index in [-0.39, 0.29) is 17.0 Å². The van der Waals surface area contributed by atoms with Crippen LogP contribution in [0.25, 0.3) is 0 Å². The number of carbonyl (C=O) groups is 2. The van der Waals surface area contributed by atoms with Gasteiger partial charge < -0.3 is 9.57 Å². The lowest BCUT2D eigenvalue weighted by atomic mass is 10.2. The molecule has 1 rings (SSSR count). The second kappa shape index (κ2) is 5.62. The second-order valence-electron chi connectivity index (χ2n) is 3.17. The van der Waals surface area contributed by atoms with Crippen molar-refractivity contribution in [3.05, 3.63) is 33.9 Å². The van der Waals surface area contributed by atoms with E-state index in [1.54, 1.807) is 0 Å². The lowest BCUT2D eigenvalue weighted by Gasteiger charge is -2.05. The molecule has 0 aliphatic carbocycles. The van der Waals surface area contributed by atoms with Crippen LogP contribution in [0, 0.1) is 10.1 Å². The molecule has 0 radical (unpaired) electrons. The number of nitro benzene ring substituents is 1. The fourth-order valence-corrected chi connectivity index (χ4v) is 1.15. The van der Waals surface area contributed by atoms with E-state index < -0.39 is 16.8 Å². The van der Waals surface area contributed by atoms with Crippen molar-refractivity contribution >= 4 is 17.6 Å². The molecule has 0 spiro atoms. The van der Waals surface area contributed by atoms with Gasteiger partial charge in [0.2, 0.25) is 0 Å². The Balaban J connectivity index is 2.97. The maximum Gasteiger partial charge on any atom is 0.329 e. The number of amides is 1. The summed E-state index contributed by atoms with van der Waals surface area (Å²) in [5, 5.41) is 10.7.